The molecule has 0 aliphatic rings. The third-order valence-electron chi connectivity index (χ3n) is 2.61. The summed E-state index contributed by atoms with van der Waals surface area (Å²) < 4.78 is 13.4. The number of carbonyl (C=O) groups is 1. The van der Waals surface area contributed by atoms with E-state index in [-0.39, 0.29) is 10.6 Å². The Kier molecular flexibility index (Phi) is 6.44. The minimum absolute atomic E-state index is 0.0930. The number of halogens is 3. The Morgan fingerprint density at radius 1 is 1.50 bits per heavy atom. The van der Waals surface area contributed by atoms with Crippen LogP contribution in [0.1, 0.15) is 30.1 Å². The van der Waals surface area contributed by atoms with E-state index in [0.29, 0.717) is 18.3 Å². The largest absolute Gasteiger partial charge is 0.352 e. The average Bonchev–Trinajstić information content (AvgIpc) is 2.34. The van der Waals surface area contributed by atoms with E-state index in [2.05, 4.69) is 5.32 Å². The molecule has 0 aromatic heterocycles. The lowest BCUT2D eigenvalue weighted by atomic mass is 10.1. The minimum atomic E-state index is -0.603. The molecule has 1 amide bonds. The van der Waals surface area contributed by atoms with Crippen molar-refractivity contribution < 1.29 is 9.18 Å². The fourth-order valence-corrected chi connectivity index (χ4v) is 1.94. The maximum Gasteiger partial charge on any atom is 0.255 e. The summed E-state index contributed by atoms with van der Waals surface area (Å²) in [5.41, 5.74) is -0.0930. The molecule has 0 aliphatic carbocycles. The zero-order valence-corrected chi connectivity index (χ0v) is 11.7. The van der Waals surface area contributed by atoms with Crippen molar-refractivity contribution in [3.05, 3.63) is 34.6 Å². The van der Waals surface area contributed by atoms with E-state index >= 15 is 0 Å². The van der Waals surface area contributed by atoms with E-state index in [1.54, 1.807) is 0 Å². The van der Waals surface area contributed by atoms with Crippen LogP contribution in [0.5, 0.6) is 0 Å². The van der Waals surface area contributed by atoms with E-state index in [1.165, 1.54) is 18.2 Å². The van der Waals surface area contributed by atoms with Crippen molar-refractivity contribution >= 4 is 29.1 Å². The summed E-state index contributed by atoms with van der Waals surface area (Å²) in [6.45, 7) is 2.53. The van der Waals surface area contributed by atoms with Crippen molar-refractivity contribution in [3.63, 3.8) is 0 Å². The highest BCUT2D eigenvalue weighted by molar-refractivity contribution is 6.33. The molecular formula is C13H16Cl2FNO. The normalized spacial score (nSPS) is 12.2. The van der Waals surface area contributed by atoms with Gasteiger partial charge in [-0.3, -0.25) is 4.79 Å². The van der Waals surface area contributed by atoms with Gasteiger partial charge in [-0.2, -0.15) is 0 Å². The molecule has 1 aromatic rings. The molecule has 0 aliphatic heterocycles. The van der Waals surface area contributed by atoms with E-state index in [1.807, 2.05) is 6.92 Å². The van der Waals surface area contributed by atoms with Gasteiger partial charge in [0.1, 0.15) is 5.82 Å². The Hall–Kier alpha value is -0.800. The summed E-state index contributed by atoms with van der Waals surface area (Å²) in [4.78, 5) is 11.7. The summed E-state index contributed by atoms with van der Waals surface area (Å²) in [5, 5.41) is 2.78. The summed E-state index contributed by atoms with van der Waals surface area (Å²) >= 11 is 11.5. The second-order valence-electron chi connectivity index (χ2n) is 4.25. The van der Waals surface area contributed by atoms with Crippen molar-refractivity contribution in [2.24, 2.45) is 5.92 Å². The number of rotatable bonds is 6. The topological polar surface area (TPSA) is 29.1 Å². The first-order chi connectivity index (χ1) is 8.56. The van der Waals surface area contributed by atoms with E-state index < -0.39 is 11.7 Å². The van der Waals surface area contributed by atoms with Crippen LogP contribution < -0.4 is 5.32 Å². The summed E-state index contributed by atoms with van der Waals surface area (Å²) in [6.07, 6.45) is 1.74. The smallest absolute Gasteiger partial charge is 0.255 e. The van der Waals surface area contributed by atoms with Gasteiger partial charge in [-0.1, -0.05) is 24.6 Å². The number of benzene rings is 1. The molecule has 2 nitrogen and oxygen atoms in total. The third kappa shape index (κ3) is 4.46. The highest BCUT2D eigenvalue weighted by Crippen LogP contribution is 2.18. The van der Waals surface area contributed by atoms with Gasteiger partial charge in [0, 0.05) is 12.4 Å². The maximum absolute atomic E-state index is 13.4. The lowest BCUT2D eigenvalue weighted by molar-refractivity contribution is 0.0948. The van der Waals surface area contributed by atoms with Gasteiger partial charge in [-0.15, -0.1) is 11.6 Å². The van der Waals surface area contributed by atoms with Crippen LogP contribution in [0.4, 0.5) is 4.39 Å². The molecule has 0 radical (unpaired) electrons. The Bertz CT molecular complexity index is 392. The molecular weight excluding hydrogens is 276 g/mol. The molecule has 0 spiro atoms. The molecule has 0 heterocycles. The Balaban J connectivity index is 2.46. The van der Waals surface area contributed by atoms with Crippen LogP contribution in [-0.4, -0.2) is 18.3 Å². The van der Waals surface area contributed by atoms with Crippen molar-refractivity contribution in [2.75, 3.05) is 12.4 Å². The predicted octanol–water partition coefficient (Wildman–Crippen LogP) is 3.86. The predicted molar refractivity (Wildman–Crippen MR) is 72.9 cm³/mol. The van der Waals surface area contributed by atoms with Crippen LogP contribution in [0.25, 0.3) is 0 Å². The fraction of sp³-hybridized carbons (Fsp3) is 0.462. The first-order valence-corrected chi connectivity index (χ1v) is 6.75. The van der Waals surface area contributed by atoms with Gasteiger partial charge in [-0.25, -0.2) is 4.39 Å². The molecule has 100 valence electrons. The summed E-state index contributed by atoms with van der Waals surface area (Å²) in [7, 11) is 0. The van der Waals surface area contributed by atoms with Gasteiger partial charge in [0.15, 0.2) is 0 Å². The monoisotopic (exact) mass is 291 g/mol. The number of hydrogen-bond acceptors (Lipinski definition) is 1. The minimum Gasteiger partial charge on any atom is -0.352 e. The molecule has 0 saturated heterocycles. The molecule has 1 aromatic carbocycles. The molecule has 18 heavy (non-hydrogen) atoms. The number of alkyl halides is 1. The van der Waals surface area contributed by atoms with Gasteiger partial charge >= 0.3 is 0 Å². The van der Waals surface area contributed by atoms with Crippen LogP contribution in [0.15, 0.2) is 18.2 Å². The highest BCUT2D eigenvalue weighted by atomic mass is 35.5. The van der Waals surface area contributed by atoms with Crippen LogP contribution >= 0.6 is 23.2 Å². The first kappa shape index (κ1) is 15.3. The maximum atomic E-state index is 13.4. The van der Waals surface area contributed by atoms with Gasteiger partial charge in [0.2, 0.25) is 0 Å². The van der Waals surface area contributed by atoms with Crippen LogP contribution in [0.2, 0.25) is 5.02 Å². The van der Waals surface area contributed by atoms with Gasteiger partial charge < -0.3 is 5.32 Å². The van der Waals surface area contributed by atoms with Crippen molar-refractivity contribution in [3.8, 4) is 0 Å². The zero-order valence-electron chi connectivity index (χ0n) is 10.2. The summed E-state index contributed by atoms with van der Waals surface area (Å²) in [5.74, 6) is -0.0565. The van der Waals surface area contributed by atoms with Gasteiger partial charge in [0.05, 0.1) is 10.6 Å². The molecule has 5 heteroatoms. The SMILES string of the molecule is CC(CCl)CCCNC(=O)c1c(F)cccc1Cl. The average molecular weight is 292 g/mol. The number of carbonyl (C=O) groups excluding carboxylic acids is 1. The molecule has 1 rings (SSSR count). The van der Waals surface area contributed by atoms with Gasteiger partial charge in [0.25, 0.3) is 5.91 Å². The van der Waals surface area contributed by atoms with Crippen molar-refractivity contribution in [1.82, 2.24) is 5.32 Å². The number of hydrogen-bond donors (Lipinski definition) is 1. The van der Waals surface area contributed by atoms with Crippen LogP contribution in [-0.2, 0) is 0 Å². The zero-order chi connectivity index (χ0) is 13.5. The van der Waals surface area contributed by atoms with Crippen molar-refractivity contribution in [2.45, 2.75) is 19.8 Å². The lowest BCUT2D eigenvalue weighted by Crippen LogP contribution is -2.26. The van der Waals surface area contributed by atoms with E-state index in [0.717, 1.165) is 12.8 Å². The fourth-order valence-electron chi connectivity index (χ4n) is 1.53. The Morgan fingerprint density at radius 3 is 2.83 bits per heavy atom. The molecule has 0 fully saturated rings. The Labute approximate surface area is 116 Å². The van der Waals surface area contributed by atoms with Crippen LogP contribution in [0.3, 0.4) is 0 Å². The first-order valence-electron chi connectivity index (χ1n) is 5.84. The molecule has 0 saturated carbocycles. The lowest BCUT2D eigenvalue weighted by Gasteiger charge is -2.09. The number of nitrogens with one attached hydrogen (secondary N) is 1. The van der Waals surface area contributed by atoms with E-state index in [4.69, 9.17) is 23.2 Å². The standard InChI is InChI=1S/C13H16Cl2FNO/c1-9(8-14)4-3-7-17-13(18)12-10(15)5-2-6-11(12)16/h2,5-6,9H,3-4,7-8H2,1H3,(H,17,18). The van der Waals surface area contributed by atoms with E-state index in [9.17, 15) is 9.18 Å². The number of amides is 1. The third-order valence-corrected chi connectivity index (χ3v) is 3.45. The molecule has 1 unspecified atom stereocenters. The van der Waals surface area contributed by atoms with Crippen LogP contribution in [0, 0.1) is 11.7 Å². The molecule has 1 atom stereocenters. The highest BCUT2D eigenvalue weighted by Gasteiger charge is 2.14. The second-order valence-corrected chi connectivity index (χ2v) is 4.97. The van der Waals surface area contributed by atoms with Crippen molar-refractivity contribution in [1.29, 1.82) is 0 Å². The second kappa shape index (κ2) is 7.59. The quantitative estimate of drug-likeness (QED) is 0.626. The Morgan fingerprint density at radius 2 is 2.22 bits per heavy atom. The molecule has 0 bridgehead atoms. The summed E-state index contributed by atoms with van der Waals surface area (Å²) in [6, 6.07) is 4.18. The molecule has 1 N–H and O–H groups in total. The van der Waals surface area contributed by atoms with Gasteiger partial charge in [-0.05, 0) is 30.9 Å².